The van der Waals surface area contributed by atoms with Crippen LogP contribution in [-0.2, 0) is 26.2 Å². The van der Waals surface area contributed by atoms with Gasteiger partial charge in [0.25, 0.3) is 0 Å². The molecule has 2 aromatic heterocycles. The molecule has 0 aliphatic heterocycles. The monoisotopic (exact) mass is 313 g/mol. The van der Waals surface area contributed by atoms with Crippen LogP contribution in [0.15, 0.2) is 6.20 Å². The van der Waals surface area contributed by atoms with Gasteiger partial charge in [0.05, 0.1) is 11.5 Å². The second kappa shape index (κ2) is 4.95. The second-order valence-corrected chi connectivity index (χ2v) is 3.99. The van der Waals surface area contributed by atoms with Crippen LogP contribution in [0.4, 0.5) is 4.39 Å². The molecule has 0 spiro atoms. The van der Waals surface area contributed by atoms with E-state index in [-0.39, 0.29) is 19.5 Å². The van der Waals surface area contributed by atoms with Crippen molar-refractivity contribution < 1.29 is 23.9 Å². The number of halogens is 1. The van der Waals surface area contributed by atoms with Gasteiger partial charge in [0.15, 0.2) is 0 Å². The van der Waals surface area contributed by atoms with Gasteiger partial charge in [0.1, 0.15) is 6.67 Å². The molecule has 6 heteroatoms. The molecular formula is C9H9FN3RhS-. The molecule has 83 valence electrons. The first-order valence-corrected chi connectivity index (χ1v) is 4.99. The summed E-state index contributed by atoms with van der Waals surface area (Å²) in [5.41, 5.74) is 1.30. The molecular weight excluding hydrogens is 304 g/mol. The second-order valence-electron chi connectivity index (χ2n) is 3.00. The minimum absolute atomic E-state index is 0. The summed E-state index contributed by atoms with van der Waals surface area (Å²) in [4.78, 5) is 4.21. The van der Waals surface area contributed by atoms with Crippen molar-refractivity contribution in [2.75, 3.05) is 0 Å². The molecule has 0 unspecified atom stereocenters. The van der Waals surface area contributed by atoms with Gasteiger partial charge in [-0.3, -0.25) is 0 Å². The van der Waals surface area contributed by atoms with Gasteiger partial charge in [-0.05, 0) is 12.5 Å². The molecule has 0 aromatic carbocycles. The zero-order valence-electron chi connectivity index (χ0n) is 8.25. The largest absolute Gasteiger partial charge is 0.338 e. The molecule has 2 heterocycles. The summed E-state index contributed by atoms with van der Waals surface area (Å²) in [5, 5.41) is 7.99. The van der Waals surface area contributed by atoms with E-state index >= 15 is 0 Å². The number of alkyl halides is 1. The van der Waals surface area contributed by atoms with Gasteiger partial charge >= 0.3 is 0 Å². The first-order valence-electron chi connectivity index (χ1n) is 4.17. The zero-order valence-corrected chi connectivity index (χ0v) is 10.7. The average molecular weight is 313 g/mol. The fraction of sp³-hybridized carbons (Fsp3) is 0.333. The van der Waals surface area contributed by atoms with Gasteiger partial charge in [-0.2, -0.15) is 5.10 Å². The van der Waals surface area contributed by atoms with Crippen LogP contribution in [0.2, 0.25) is 0 Å². The summed E-state index contributed by atoms with van der Waals surface area (Å²) in [6.45, 7) is 3.19. The fourth-order valence-corrected chi connectivity index (χ4v) is 1.66. The molecule has 0 aliphatic carbocycles. The minimum atomic E-state index is -0.540. The van der Waals surface area contributed by atoms with Crippen molar-refractivity contribution >= 4 is 11.3 Å². The molecule has 15 heavy (non-hydrogen) atoms. The number of hydrogen-bond donors (Lipinski definition) is 0. The molecule has 0 saturated heterocycles. The summed E-state index contributed by atoms with van der Waals surface area (Å²) in [7, 11) is 0. The van der Waals surface area contributed by atoms with Crippen molar-refractivity contribution in [3.05, 3.63) is 27.8 Å². The predicted octanol–water partition coefficient (Wildman–Crippen LogP) is 2.21. The van der Waals surface area contributed by atoms with Crippen LogP contribution in [0.5, 0.6) is 0 Å². The minimum Gasteiger partial charge on any atom is -0.338 e. The Morgan fingerprint density at radius 2 is 2.27 bits per heavy atom. The Morgan fingerprint density at radius 3 is 2.73 bits per heavy atom. The van der Waals surface area contributed by atoms with Crippen molar-refractivity contribution in [2.45, 2.75) is 20.5 Å². The van der Waals surface area contributed by atoms with Crippen LogP contribution >= 0.6 is 11.3 Å². The summed E-state index contributed by atoms with van der Waals surface area (Å²) in [6.07, 6.45) is 1.76. The third kappa shape index (κ3) is 2.50. The molecule has 1 radical (unpaired) electrons. The van der Waals surface area contributed by atoms with E-state index in [0.717, 1.165) is 10.6 Å². The van der Waals surface area contributed by atoms with E-state index in [1.54, 1.807) is 10.9 Å². The SMILES string of the molecule is Cc1nc(-n2cc(C)c(CF)n2)[c-]s1.[Rh]. The van der Waals surface area contributed by atoms with Gasteiger partial charge in [-0.15, -0.1) is 5.38 Å². The van der Waals surface area contributed by atoms with Crippen LogP contribution in [0, 0.1) is 19.2 Å². The van der Waals surface area contributed by atoms with E-state index in [9.17, 15) is 4.39 Å². The van der Waals surface area contributed by atoms with Gasteiger partial charge < -0.3 is 16.3 Å². The maximum absolute atomic E-state index is 12.4. The molecule has 0 fully saturated rings. The number of aromatic nitrogens is 3. The summed E-state index contributed by atoms with van der Waals surface area (Å²) >= 11 is 1.43. The van der Waals surface area contributed by atoms with E-state index in [1.807, 2.05) is 13.8 Å². The molecule has 2 rings (SSSR count). The van der Waals surface area contributed by atoms with E-state index < -0.39 is 6.67 Å². The molecule has 0 aliphatic rings. The van der Waals surface area contributed by atoms with Crippen molar-refractivity contribution in [3.8, 4) is 5.82 Å². The first kappa shape index (κ1) is 12.5. The predicted molar refractivity (Wildman–Crippen MR) is 52.4 cm³/mol. The number of aryl methyl sites for hydroxylation is 2. The summed E-state index contributed by atoms with van der Waals surface area (Å²) < 4.78 is 14.0. The Kier molecular flexibility index (Phi) is 4.11. The molecule has 0 N–H and O–H groups in total. The third-order valence-electron chi connectivity index (χ3n) is 1.90. The maximum atomic E-state index is 12.4. The van der Waals surface area contributed by atoms with Gasteiger partial charge in [0, 0.05) is 25.7 Å². The summed E-state index contributed by atoms with van der Waals surface area (Å²) in [6, 6.07) is 0. The number of nitrogens with zero attached hydrogens (tertiary/aromatic N) is 3. The summed E-state index contributed by atoms with van der Waals surface area (Å²) in [5.74, 6) is 0.635. The Hall–Kier alpha value is -0.607. The van der Waals surface area contributed by atoms with Crippen LogP contribution in [0.25, 0.3) is 5.82 Å². The van der Waals surface area contributed by atoms with Crippen LogP contribution in [-0.4, -0.2) is 14.8 Å². The Morgan fingerprint density at radius 1 is 1.53 bits per heavy atom. The smallest absolute Gasteiger partial charge is 0.134 e. The standard InChI is InChI=1S/C9H9FN3S.Rh/c1-6-4-13(12-8(6)3-10)9-5-14-7(2)11-9;/h4H,3H2,1-2H3;/q-1;. The van der Waals surface area contributed by atoms with Gasteiger partial charge in [0.2, 0.25) is 0 Å². The molecule has 2 aromatic rings. The van der Waals surface area contributed by atoms with Crippen LogP contribution < -0.4 is 0 Å². The number of rotatable bonds is 2. The average Bonchev–Trinajstić information content (AvgIpc) is 2.71. The Balaban J connectivity index is 0.00000112. The Bertz CT molecular complexity index is 452. The normalized spacial score (nSPS) is 10.1. The van der Waals surface area contributed by atoms with Gasteiger partial charge in [-0.25, -0.2) is 9.07 Å². The Labute approximate surface area is 104 Å². The topological polar surface area (TPSA) is 30.7 Å². The first-order chi connectivity index (χ1) is 6.70. The van der Waals surface area contributed by atoms with Crippen LogP contribution in [0.3, 0.4) is 0 Å². The third-order valence-corrected chi connectivity index (χ3v) is 2.57. The van der Waals surface area contributed by atoms with Crippen molar-refractivity contribution in [1.82, 2.24) is 14.8 Å². The quantitative estimate of drug-likeness (QED) is 0.629. The molecule has 0 atom stereocenters. The van der Waals surface area contributed by atoms with E-state index in [0.29, 0.717) is 11.5 Å². The molecule has 0 bridgehead atoms. The van der Waals surface area contributed by atoms with Crippen molar-refractivity contribution in [1.29, 1.82) is 0 Å². The van der Waals surface area contributed by atoms with Crippen molar-refractivity contribution in [2.24, 2.45) is 0 Å². The molecule has 0 amide bonds. The molecule has 0 saturated carbocycles. The fourth-order valence-electron chi connectivity index (χ4n) is 1.15. The van der Waals surface area contributed by atoms with E-state index in [1.165, 1.54) is 11.3 Å². The number of thiazole rings is 1. The maximum Gasteiger partial charge on any atom is 0.134 e. The molecule has 3 nitrogen and oxygen atoms in total. The van der Waals surface area contributed by atoms with E-state index in [2.05, 4.69) is 15.5 Å². The number of hydrogen-bond acceptors (Lipinski definition) is 3. The van der Waals surface area contributed by atoms with Crippen LogP contribution in [0.1, 0.15) is 16.3 Å². The zero-order chi connectivity index (χ0) is 10.1. The van der Waals surface area contributed by atoms with E-state index in [4.69, 9.17) is 0 Å². The van der Waals surface area contributed by atoms with Gasteiger partial charge in [-0.1, -0.05) is 11.9 Å². The van der Waals surface area contributed by atoms with Crippen molar-refractivity contribution in [3.63, 3.8) is 0 Å².